The first-order valence-corrected chi connectivity index (χ1v) is 30.8. The van der Waals surface area contributed by atoms with Gasteiger partial charge in [0.2, 0.25) is 0 Å². The molecule has 1 atom stereocenters. The van der Waals surface area contributed by atoms with E-state index in [-0.39, 0.29) is 31.1 Å². The van der Waals surface area contributed by atoms with Gasteiger partial charge in [0.25, 0.3) is 0 Å². The highest BCUT2D eigenvalue weighted by Crippen LogP contribution is 2.17. The number of esters is 3. The summed E-state index contributed by atoms with van der Waals surface area (Å²) in [5.41, 5.74) is 0. The molecule has 0 fully saturated rings. The molecule has 0 amide bonds. The van der Waals surface area contributed by atoms with E-state index in [9.17, 15) is 14.4 Å². The summed E-state index contributed by atoms with van der Waals surface area (Å²) in [5, 5.41) is 0. The largest absolute Gasteiger partial charge is 0.462 e. The molecule has 0 heterocycles. The summed E-state index contributed by atoms with van der Waals surface area (Å²) in [6.45, 7) is 6.68. The standard InChI is InChI=1S/C63H118O6/c1-4-7-10-13-16-19-22-25-27-29-31-32-33-35-36-38-41-44-47-50-53-56-62(65)68-59-60(58-67-61(64)55-52-49-46-43-40-24-21-18-15-12-9-6-3)69-63(66)57-54-51-48-45-42-39-37-34-30-28-26-23-20-17-14-11-8-5-2/h22,25,29,31,60H,4-21,23-24,26-28,30,32-59H2,1-3H3/b25-22-,31-29-. The lowest BCUT2D eigenvalue weighted by Gasteiger charge is -2.18. The predicted molar refractivity (Wildman–Crippen MR) is 298 cm³/mol. The van der Waals surface area contributed by atoms with Gasteiger partial charge in [-0.25, -0.2) is 0 Å². The Labute approximate surface area is 430 Å². The SMILES string of the molecule is CCCCCCC/C=C\C/C=C\CCCCCCCCCCCC(=O)OCC(COC(=O)CCCCCCCCCCCCCC)OC(=O)CCCCCCCCCCCCCCCCCCCC. The van der Waals surface area contributed by atoms with Crippen LogP contribution in [-0.4, -0.2) is 37.2 Å². The number of ether oxygens (including phenoxy) is 3. The minimum absolute atomic E-state index is 0.0666. The van der Waals surface area contributed by atoms with Crippen molar-refractivity contribution in [1.82, 2.24) is 0 Å². The Morgan fingerprint density at radius 1 is 0.290 bits per heavy atom. The number of allylic oxidation sites excluding steroid dienone is 4. The van der Waals surface area contributed by atoms with Gasteiger partial charge in [0.15, 0.2) is 6.10 Å². The van der Waals surface area contributed by atoms with Crippen LogP contribution in [-0.2, 0) is 28.6 Å². The maximum Gasteiger partial charge on any atom is 0.306 e. The highest BCUT2D eigenvalue weighted by molar-refractivity contribution is 5.71. The lowest BCUT2D eigenvalue weighted by atomic mass is 10.0. The Bertz CT molecular complexity index is 1110. The summed E-state index contributed by atoms with van der Waals surface area (Å²) in [5.74, 6) is -0.846. The summed E-state index contributed by atoms with van der Waals surface area (Å²) in [4.78, 5) is 38.2. The van der Waals surface area contributed by atoms with Crippen molar-refractivity contribution in [3.63, 3.8) is 0 Å². The average Bonchev–Trinajstić information content (AvgIpc) is 3.35. The molecule has 1 unspecified atom stereocenters. The fraction of sp³-hybridized carbons (Fsp3) is 0.889. The van der Waals surface area contributed by atoms with E-state index in [0.29, 0.717) is 19.3 Å². The van der Waals surface area contributed by atoms with Gasteiger partial charge in [-0.3, -0.25) is 14.4 Å². The second-order valence-corrected chi connectivity index (χ2v) is 21.0. The first kappa shape index (κ1) is 66.9. The van der Waals surface area contributed by atoms with Gasteiger partial charge in [-0.05, 0) is 51.4 Å². The zero-order chi connectivity index (χ0) is 50.0. The molecule has 0 saturated heterocycles. The van der Waals surface area contributed by atoms with Gasteiger partial charge in [-0.15, -0.1) is 0 Å². The lowest BCUT2D eigenvalue weighted by molar-refractivity contribution is -0.167. The molecule has 0 bridgehead atoms. The Morgan fingerprint density at radius 2 is 0.522 bits per heavy atom. The Kier molecular flexibility index (Phi) is 56.7. The molecule has 6 nitrogen and oxygen atoms in total. The summed E-state index contributed by atoms with van der Waals surface area (Å²) in [7, 11) is 0. The van der Waals surface area contributed by atoms with Crippen molar-refractivity contribution in [2.45, 2.75) is 348 Å². The maximum absolute atomic E-state index is 12.9. The molecular weight excluding hydrogens is 853 g/mol. The fourth-order valence-electron chi connectivity index (χ4n) is 9.30. The van der Waals surface area contributed by atoms with Gasteiger partial charge in [-0.1, -0.05) is 295 Å². The van der Waals surface area contributed by atoms with Gasteiger partial charge < -0.3 is 14.2 Å². The van der Waals surface area contributed by atoms with Crippen molar-refractivity contribution in [3.05, 3.63) is 24.3 Å². The molecule has 69 heavy (non-hydrogen) atoms. The summed E-state index contributed by atoms with van der Waals surface area (Å²) >= 11 is 0. The molecule has 0 aromatic heterocycles. The number of rotatable bonds is 57. The molecule has 0 saturated carbocycles. The number of carbonyl (C=O) groups excluding carboxylic acids is 3. The number of carbonyl (C=O) groups is 3. The average molecular weight is 972 g/mol. The van der Waals surface area contributed by atoms with Gasteiger partial charge in [0, 0.05) is 19.3 Å². The van der Waals surface area contributed by atoms with Crippen molar-refractivity contribution < 1.29 is 28.6 Å². The van der Waals surface area contributed by atoms with E-state index in [1.165, 1.54) is 238 Å². The Balaban J connectivity index is 4.28. The van der Waals surface area contributed by atoms with E-state index >= 15 is 0 Å². The van der Waals surface area contributed by atoms with E-state index in [2.05, 4.69) is 45.1 Å². The zero-order valence-electron chi connectivity index (χ0n) is 46.6. The molecule has 0 N–H and O–H groups in total. The minimum atomic E-state index is -0.768. The molecule has 406 valence electrons. The molecular formula is C63H118O6. The van der Waals surface area contributed by atoms with Gasteiger partial charge in [0.05, 0.1) is 0 Å². The van der Waals surface area contributed by atoms with Crippen LogP contribution in [0.5, 0.6) is 0 Å². The molecule has 0 aliphatic heterocycles. The van der Waals surface area contributed by atoms with E-state index in [1.54, 1.807) is 0 Å². The number of hydrogen-bond acceptors (Lipinski definition) is 6. The van der Waals surface area contributed by atoms with Crippen LogP contribution in [0.15, 0.2) is 24.3 Å². The van der Waals surface area contributed by atoms with Crippen LogP contribution in [0.25, 0.3) is 0 Å². The first-order chi connectivity index (χ1) is 34.0. The first-order valence-electron chi connectivity index (χ1n) is 30.8. The Hall–Kier alpha value is -2.11. The normalized spacial score (nSPS) is 12.1. The van der Waals surface area contributed by atoms with Crippen molar-refractivity contribution in [1.29, 1.82) is 0 Å². The quantitative estimate of drug-likeness (QED) is 0.0261. The maximum atomic E-state index is 12.9. The third kappa shape index (κ3) is 56.7. The molecule has 0 spiro atoms. The zero-order valence-corrected chi connectivity index (χ0v) is 46.6. The molecule has 6 heteroatoms. The van der Waals surface area contributed by atoms with Crippen LogP contribution in [0, 0.1) is 0 Å². The molecule has 0 aliphatic carbocycles. The Morgan fingerprint density at radius 3 is 0.797 bits per heavy atom. The molecule has 0 aromatic carbocycles. The predicted octanol–water partition coefficient (Wildman–Crippen LogP) is 20.7. The van der Waals surface area contributed by atoms with E-state index in [1.807, 2.05) is 0 Å². The second-order valence-electron chi connectivity index (χ2n) is 21.0. The highest BCUT2D eigenvalue weighted by atomic mass is 16.6. The molecule has 0 rings (SSSR count). The fourth-order valence-corrected chi connectivity index (χ4v) is 9.30. The van der Waals surface area contributed by atoms with Crippen molar-refractivity contribution in [2.24, 2.45) is 0 Å². The van der Waals surface area contributed by atoms with Crippen LogP contribution in [0.1, 0.15) is 342 Å². The van der Waals surface area contributed by atoms with Crippen molar-refractivity contribution in [2.75, 3.05) is 13.2 Å². The monoisotopic (exact) mass is 971 g/mol. The lowest BCUT2D eigenvalue weighted by Crippen LogP contribution is -2.30. The summed E-state index contributed by atoms with van der Waals surface area (Å²) < 4.78 is 16.9. The van der Waals surface area contributed by atoms with Crippen molar-refractivity contribution >= 4 is 17.9 Å². The smallest absolute Gasteiger partial charge is 0.306 e. The minimum Gasteiger partial charge on any atom is -0.462 e. The number of unbranched alkanes of at least 4 members (excludes halogenated alkanes) is 42. The van der Waals surface area contributed by atoms with E-state index < -0.39 is 6.10 Å². The number of hydrogen-bond donors (Lipinski definition) is 0. The topological polar surface area (TPSA) is 78.9 Å². The van der Waals surface area contributed by atoms with Crippen LogP contribution in [0.2, 0.25) is 0 Å². The highest BCUT2D eigenvalue weighted by Gasteiger charge is 2.19. The van der Waals surface area contributed by atoms with Crippen LogP contribution < -0.4 is 0 Å². The van der Waals surface area contributed by atoms with E-state index in [4.69, 9.17) is 14.2 Å². The van der Waals surface area contributed by atoms with Crippen LogP contribution in [0.3, 0.4) is 0 Å². The van der Waals surface area contributed by atoms with Crippen molar-refractivity contribution in [3.8, 4) is 0 Å². The molecule has 0 aromatic rings. The van der Waals surface area contributed by atoms with Crippen LogP contribution in [0.4, 0.5) is 0 Å². The molecule has 0 aliphatic rings. The van der Waals surface area contributed by atoms with Gasteiger partial charge >= 0.3 is 17.9 Å². The van der Waals surface area contributed by atoms with E-state index in [0.717, 1.165) is 64.2 Å². The molecule has 0 radical (unpaired) electrons. The third-order valence-corrected chi connectivity index (χ3v) is 14.0. The van der Waals surface area contributed by atoms with Gasteiger partial charge in [-0.2, -0.15) is 0 Å². The van der Waals surface area contributed by atoms with Gasteiger partial charge in [0.1, 0.15) is 13.2 Å². The summed E-state index contributed by atoms with van der Waals surface area (Å²) in [6.07, 6.45) is 68.9. The second kappa shape index (κ2) is 58.5. The van der Waals surface area contributed by atoms with Crippen LogP contribution >= 0.6 is 0 Å². The summed E-state index contributed by atoms with van der Waals surface area (Å²) in [6, 6.07) is 0. The third-order valence-electron chi connectivity index (χ3n) is 14.0.